The Kier molecular flexibility index (Phi) is 2.50. The van der Waals surface area contributed by atoms with Gasteiger partial charge in [0.1, 0.15) is 0 Å². The molecule has 2 heteroatoms. The molecular formula is C14H15NO. The van der Waals surface area contributed by atoms with E-state index in [0.29, 0.717) is 0 Å². The molecule has 1 aromatic carbocycles. The summed E-state index contributed by atoms with van der Waals surface area (Å²) in [5.74, 6) is 0. The Labute approximate surface area is 95.5 Å². The molecule has 2 nitrogen and oxygen atoms in total. The molecule has 0 aliphatic carbocycles. The quantitative estimate of drug-likeness (QED) is 0.762. The highest BCUT2D eigenvalue weighted by Gasteiger charge is 2.17. The predicted octanol–water partition coefficient (Wildman–Crippen LogP) is 2.84. The minimum Gasteiger partial charge on any atom is -0.472 e. The van der Waals surface area contributed by atoms with Gasteiger partial charge in [0.05, 0.1) is 12.5 Å². The van der Waals surface area contributed by atoms with Crippen LogP contribution in [0.1, 0.15) is 16.7 Å². The van der Waals surface area contributed by atoms with Crippen LogP contribution in [0.25, 0.3) is 0 Å². The summed E-state index contributed by atoms with van der Waals surface area (Å²) < 4.78 is 5.24. The van der Waals surface area contributed by atoms with Gasteiger partial charge in [-0.25, -0.2) is 0 Å². The molecule has 2 aromatic rings. The van der Waals surface area contributed by atoms with Crippen molar-refractivity contribution in [1.29, 1.82) is 0 Å². The molecule has 1 aliphatic rings. The normalized spacial score (nSPS) is 16.0. The lowest BCUT2D eigenvalue weighted by molar-refractivity contribution is 0.246. The van der Waals surface area contributed by atoms with Gasteiger partial charge < -0.3 is 4.42 Å². The van der Waals surface area contributed by atoms with E-state index in [9.17, 15) is 0 Å². The molecule has 0 unspecified atom stereocenters. The van der Waals surface area contributed by atoms with Crippen LogP contribution in [-0.2, 0) is 19.5 Å². The molecule has 0 bridgehead atoms. The zero-order valence-corrected chi connectivity index (χ0v) is 9.23. The SMILES string of the molecule is c1ccc(CN2CCc3cocc3C2)cc1. The van der Waals surface area contributed by atoms with Gasteiger partial charge in [-0.2, -0.15) is 0 Å². The Morgan fingerprint density at radius 3 is 2.75 bits per heavy atom. The Hall–Kier alpha value is -1.54. The largest absolute Gasteiger partial charge is 0.472 e. The van der Waals surface area contributed by atoms with Gasteiger partial charge in [0.15, 0.2) is 0 Å². The van der Waals surface area contributed by atoms with E-state index < -0.39 is 0 Å². The highest BCUT2D eigenvalue weighted by molar-refractivity contribution is 5.24. The standard InChI is InChI=1S/C14H15NO/c1-2-4-12(5-3-1)8-15-7-6-13-10-16-11-14(13)9-15/h1-5,10-11H,6-9H2. The van der Waals surface area contributed by atoms with Crippen LogP contribution < -0.4 is 0 Å². The minimum atomic E-state index is 1.01. The maximum atomic E-state index is 5.24. The summed E-state index contributed by atoms with van der Waals surface area (Å²) >= 11 is 0. The van der Waals surface area contributed by atoms with Crippen molar-refractivity contribution in [2.45, 2.75) is 19.5 Å². The number of benzene rings is 1. The van der Waals surface area contributed by atoms with Gasteiger partial charge in [-0.15, -0.1) is 0 Å². The van der Waals surface area contributed by atoms with Crippen LogP contribution in [0.2, 0.25) is 0 Å². The third-order valence-corrected chi connectivity index (χ3v) is 3.17. The molecule has 0 saturated heterocycles. The van der Waals surface area contributed by atoms with Gasteiger partial charge in [0.25, 0.3) is 0 Å². The summed E-state index contributed by atoms with van der Waals surface area (Å²) in [6, 6.07) is 10.6. The number of hydrogen-bond acceptors (Lipinski definition) is 2. The Morgan fingerprint density at radius 1 is 1.06 bits per heavy atom. The van der Waals surface area contributed by atoms with Crippen molar-refractivity contribution >= 4 is 0 Å². The van der Waals surface area contributed by atoms with E-state index in [0.717, 1.165) is 26.1 Å². The fourth-order valence-corrected chi connectivity index (χ4v) is 2.28. The lowest BCUT2D eigenvalue weighted by Gasteiger charge is -2.26. The first-order valence-corrected chi connectivity index (χ1v) is 5.72. The second-order valence-corrected chi connectivity index (χ2v) is 4.37. The molecule has 0 saturated carbocycles. The lowest BCUT2D eigenvalue weighted by Crippen LogP contribution is -2.29. The predicted molar refractivity (Wildman–Crippen MR) is 63.0 cm³/mol. The summed E-state index contributed by atoms with van der Waals surface area (Å²) in [5, 5.41) is 0. The number of furan rings is 1. The number of rotatable bonds is 2. The molecule has 0 atom stereocenters. The Balaban J connectivity index is 1.71. The van der Waals surface area contributed by atoms with E-state index >= 15 is 0 Å². The zero-order valence-electron chi connectivity index (χ0n) is 9.23. The average Bonchev–Trinajstić information content (AvgIpc) is 2.77. The van der Waals surface area contributed by atoms with Crippen LogP contribution >= 0.6 is 0 Å². The van der Waals surface area contributed by atoms with Crippen molar-refractivity contribution in [3.05, 3.63) is 59.5 Å². The molecule has 2 heterocycles. The van der Waals surface area contributed by atoms with E-state index in [1.807, 2.05) is 12.5 Å². The van der Waals surface area contributed by atoms with Crippen LogP contribution in [0.3, 0.4) is 0 Å². The zero-order chi connectivity index (χ0) is 10.8. The summed E-state index contributed by atoms with van der Waals surface area (Å²) in [6.07, 6.45) is 4.88. The molecule has 82 valence electrons. The summed E-state index contributed by atoms with van der Waals surface area (Å²) in [7, 11) is 0. The van der Waals surface area contributed by atoms with Crippen LogP contribution in [0.5, 0.6) is 0 Å². The van der Waals surface area contributed by atoms with Crippen LogP contribution in [0.15, 0.2) is 47.3 Å². The van der Waals surface area contributed by atoms with Crippen molar-refractivity contribution in [3.8, 4) is 0 Å². The molecule has 0 spiro atoms. The van der Waals surface area contributed by atoms with Crippen molar-refractivity contribution in [3.63, 3.8) is 0 Å². The molecule has 0 fully saturated rings. The second kappa shape index (κ2) is 4.14. The van der Waals surface area contributed by atoms with Gasteiger partial charge in [-0.1, -0.05) is 30.3 Å². The van der Waals surface area contributed by atoms with Crippen molar-refractivity contribution in [2.24, 2.45) is 0 Å². The monoisotopic (exact) mass is 213 g/mol. The minimum absolute atomic E-state index is 1.01. The van der Waals surface area contributed by atoms with E-state index in [1.54, 1.807) is 0 Å². The average molecular weight is 213 g/mol. The van der Waals surface area contributed by atoms with Gasteiger partial charge in [-0.3, -0.25) is 4.90 Å². The first-order valence-electron chi connectivity index (χ1n) is 5.72. The smallest absolute Gasteiger partial charge is 0.0950 e. The summed E-state index contributed by atoms with van der Waals surface area (Å²) in [4.78, 5) is 2.47. The number of nitrogens with zero attached hydrogens (tertiary/aromatic N) is 1. The molecule has 3 rings (SSSR count). The first kappa shape index (κ1) is 9.67. The van der Waals surface area contributed by atoms with Crippen LogP contribution in [0.4, 0.5) is 0 Å². The fraction of sp³-hybridized carbons (Fsp3) is 0.286. The van der Waals surface area contributed by atoms with Crippen molar-refractivity contribution in [1.82, 2.24) is 4.90 Å². The van der Waals surface area contributed by atoms with E-state index in [2.05, 4.69) is 35.2 Å². The lowest BCUT2D eigenvalue weighted by atomic mass is 10.0. The number of hydrogen-bond donors (Lipinski definition) is 0. The van der Waals surface area contributed by atoms with E-state index in [1.165, 1.54) is 16.7 Å². The molecule has 0 N–H and O–H groups in total. The Morgan fingerprint density at radius 2 is 1.88 bits per heavy atom. The molecular weight excluding hydrogens is 198 g/mol. The molecule has 0 amide bonds. The van der Waals surface area contributed by atoms with Gasteiger partial charge in [0.2, 0.25) is 0 Å². The molecule has 1 aromatic heterocycles. The van der Waals surface area contributed by atoms with E-state index in [4.69, 9.17) is 4.42 Å². The van der Waals surface area contributed by atoms with Crippen molar-refractivity contribution in [2.75, 3.05) is 6.54 Å². The molecule has 16 heavy (non-hydrogen) atoms. The highest BCUT2D eigenvalue weighted by Crippen LogP contribution is 2.21. The maximum absolute atomic E-state index is 5.24. The topological polar surface area (TPSA) is 16.4 Å². The third-order valence-electron chi connectivity index (χ3n) is 3.17. The molecule has 0 radical (unpaired) electrons. The van der Waals surface area contributed by atoms with Crippen molar-refractivity contribution < 1.29 is 4.42 Å². The van der Waals surface area contributed by atoms with E-state index in [-0.39, 0.29) is 0 Å². The van der Waals surface area contributed by atoms with Crippen LogP contribution in [0, 0.1) is 0 Å². The maximum Gasteiger partial charge on any atom is 0.0950 e. The third kappa shape index (κ3) is 1.89. The fourth-order valence-electron chi connectivity index (χ4n) is 2.28. The molecule has 1 aliphatic heterocycles. The Bertz CT molecular complexity index is 461. The van der Waals surface area contributed by atoms with Crippen LogP contribution in [-0.4, -0.2) is 11.4 Å². The van der Waals surface area contributed by atoms with Gasteiger partial charge >= 0.3 is 0 Å². The summed E-state index contributed by atoms with van der Waals surface area (Å²) in [6.45, 7) is 3.17. The van der Waals surface area contributed by atoms with Gasteiger partial charge in [-0.05, 0) is 17.5 Å². The second-order valence-electron chi connectivity index (χ2n) is 4.37. The summed E-state index contributed by atoms with van der Waals surface area (Å²) in [5.41, 5.74) is 4.11. The highest BCUT2D eigenvalue weighted by atomic mass is 16.3. The van der Waals surface area contributed by atoms with Gasteiger partial charge in [0, 0.05) is 25.2 Å². The number of fused-ring (bicyclic) bond motifs is 1. The first-order chi connectivity index (χ1) is 7.92.